The lowest BCUT2D eigenvalue weighted by Gasteiger charge is -2.28. The average molecular weight is 399 g/mol. The minimum Gasteiger partial charge on any atom is -0.327 e. The molecule has 4 nitrogen and oxygen atoms in total. The number of aryl methyl sites for hydroxylation is 3. The number of nitrogens with zero attached hydrogens (tertiary/aromatic N) is 1. The highest BCUT2D eigenvalue weighted by Gasteiger charge is 2.34. The molecule has 1 N–H and O–H groups in total. The van der Waals surface area contributed by atoms with Crippen LogP contribution in [0.2, 0.25) is 0 Å². The first-order valence-electron chi connectivity index (χ1n) is 10.2. The largest absolute Gasteiger partial charge is 0.327 e. The number of anilines is 1. The fourth-order valence-corrected chi connectivity index (χ4v) is 4.16. The fraction of sp³-hybridized carbons (Fsp3) is 0.231. The zero-order chi connectivity index (χ0) is 21.3. The van der Waals surface area contributed by atoms with E-state index in [0.717, 1.165) is 39.1 Å². The molecule has 0 bridgehead atoms. The Morgan fingerprint density at radius 3 is 2.27 bits per heavy atom. The Balaban J connectivity index is 1.60. The summed E-state index contributed by atoms with van der Waals surface area (Å²) in [6.07, 6.45) is 0.204. The molecule has 30 heavy (non-hydrogen) atoms. The van der Waals surface area contributed by atoms with E-state index in [1.807, 2.05) is 86.3 Å². The number of carbonyl (C=O) groups is 2. The van der Waals surface area contributed by atoms with Crippen LogP contribution in [-0.2, 0) is 11.3 Å². The Labute approximate surface area is 177 Å². The second-order valence-corrected chi connectivity index (χ2v) is 8.15. The van der Waals surface area contributed by atoms with Crippen LogP contribution in [0.5, 0.6) is 0 Å². The van der Waals surface area contributed by atoms with Gasteiger partial charge in [0.15, 0.2) is 0 Å². The van der Waals surface area contributed by atoms with E-state index in [0.29, 0.717) is 6.54 Å². The number of fused-ring (bicyclic) bond motifs is 1. The summed E-state index contributed by atoms with van der Waals surface area (Å²) in [5, 5.41) is 3.02. The Hall–Kier alpha value is -3.40. The molecule has 1 atom stereocenters. The summed E-state index contributed by atoms with van der Waals surface area (Å²) >= 11 is 0. The molecule has 1 aliphatic rings. The third-order valence-corrected chi connectivity index (χ3v) is 5.57. The molecule has 4 heteroatoms. The molecule has 0 radical (unpaired) electrons. The number of nitrogens with one attached hydrogen (secondary N) is 1. The van der Waals surface area contributed by atoms with Crippen LogP contribution in [0, 0.1) is 20.8 Å². The summed E-state index contributed by atoms with van der Waals surface area (Å²) < 4.78 is 0. The maximum absolute atomic E-state index is 13.1. The van der Waals surface area contributed by atoms with Crippen LogP contribution in [0.4, 0.5) is 5.69 Å². The highest BCUT2D eigenvalue weighted by atomic mass is 16.2. The van der Waals surface area contributed by atoms with Crippen molar-refractivity contribution in [2.45, 2.75) is 39.8 Å². The first-order chi connectivity index (χ1) is 14.4. The van der Waals surface area contributed by atoms with Crippen LogP contribution in [0.15, 0.2) is 66.7 Å². The van der Waals surface area contributed by atoms with Gasteiger partial charge in [-0.3, -0.25) is 9.59 Å². The summed E-state index contributed by atoms with van der Waals surface area (Å²) in [6, 6.07) is 21.4. The van der Waals surface area contributed by atoms with E-state index in [4.69, 9.17) is 0 Å². The Morgan fingerprint density at radius 1 is 0.933 bits per heavy atom. The minimum absolute atomic E-state index is 0.0182. The van der Waals surface area contributed by atoms with Crippen LogP contribution in [0.1, 0.15) is 50.6 Å². The molecule has 1 aliphatic heterocycles. The van der Waals surface area contributed by atoms with Gasteiger partial charge in [0.1, 0.15) is 0 Å². The van der Waals surface area contributed by atoms with E-state index < -0.39 is 0 Å². The molecule has 0 fully saturated rings. The number of hydrogen-bond donors (Lipinski definition) is 1. The smallest absolute Gasteiger partial charge is 0.255 e. The normalized spacial score (nSPS) is 13.8. The van der Waals surface area contributed by atoms with Crippen molar-refractivity contribution in [2.24, 2.45) is 0 Å². The third-order valence-electron chi connectivity index (χ3n) is 5.57. The maximum Gasteiger partial charge on any atom is 0.255 e. The zero-order valence-electron chi connectivity index (χ0n) is 17.6. The van der Waals surface area contributed by atoms with Crippen molar-refractivity contribution in [3.8, 4) is 0 Å². The van der Waals surface area contributed by atoms with Crippen LogP contribution in [0.25, 0.3) is 0 Å². The lowest BCUT2D eigenvalue weighted by atomic mass is 10.00. The fourth-order valence-electron chi connectivity index (χ4n) is 4.16. The predicted molar refractivity (Wildman–Crippen MR) is 119 cm³/mol. The molecule has 152 valence electrons. The summed E-state index contributed by atoms with van der Waals surface area (Å²) in [6.45, 7) is 6.57. The summed E-state index contributed by atoms with van der Waals surface area (Å²) in [5.41, 5.74) is 6.84. The molecule has 0 aromatic heterocycles. The Kier molecular flexibility index (Phi) is 5.40. The second kappa shape index (κ2) is 8.15. The van der Waals surface area contributed by atoms with Gasteiger partial charge in [-0.1, -0.05) is 54.1 Å². The standard InChI is InChI=1S/C26H26N2O2/c1-17-8-10-20(11-9-17)24(28-16-21-6-4-5-7-23(21)26(28)30)15-25(29)27-22-13-18(2)12-19(3)14-22/h4-14,24H,15-16H2,1-3H3,(H,27,29)/t24-/m0/s1. The van der Waals surface area contributed by atoms with Crippen LogP contribution in [0.3, 0.4) is 0 Å². The van der Waals surface area contributed by atoms with Crippen LogP contribution >= 0.6 is 0 Å². The lowest BCUT2D eigenvalue weighted by Crippen LogP contribution is -2.32. The van der Waals surface area contributed by atoms with E-state index in [9.17, 15) is 9.59 Å². The molecule has 3 aromatic rings. The van der Waals surface area contributed by atoms with E-state index in [2.05, 4.69) is 11.4 Å². The highest BCUT2D eigenvalue weighted by Crippen LogP contribution is 2.34. The van der Waals surface area contributed by atoms with Gasteiger partial charge in [-0.05, 0) is 61.2 Å². The molecule has 0 spiro atoms. The third kappa shape index (κ3) is 4.13. The highest BCUT2D eigenvalue weighted by molar-refractivity contribution is 5.99. The van der Waals surface area contributed by atoms with Gasteiger partial charge in [-0.15, -0.1) is 0 Å². The van der Waals surface area contributed by atoms with Gasteiger partial charge < -0.3 is 10.2 Å². The SMILES string of the molecule is Cc1ccc([C@H](CC(=O)Nc2cc(C)cc(C)c2)N2Cc3ccccc3C2=O)cc1. The molecule has 0 saturated carbocycles. The second-order valence-electron chi connectivity index (χ2n) is 8.15. The molecule has 0 saturated heterocycles. The van der Waals surface area contributed by atoms with Crippen molar-refractivity contribution in [3.63, 3.8) is 0 Å². The number of rotatable bonds is 5. The number of benzene rings is 3. The van der Waals surface area contributed by atoms with Gasteiger partial charge in [0.2, 0.25) is 5.91 Å². The Morgan fingerprint density at radius 2 is 1.60 bits per heavy atom. The lowest BCUT2D eigenvalue weighted by molar-refractivity contribution is -0.117. The van der Waals surface area contributed by atoms with Gasteiger partial charge in [-0.2, -0.15) is 0 Å². The first-order valence-corrected chi connectivity index (χ1v) is 10.2. The van der Waals surface area contributed by atoms with Crippen molar-refractivity contribution in [3.05, 3.63) is 100 Å². The summed E-state index contributed by atoms with van der Waals surface area (Å²) in [4.78, 5) is 27.9. The van der Waals surface area contributed by atoms with Crippen molar-refractivity contribution in [2.75, 3.05) is 5.32 Å². The quantitative estimate of drug-likeness (QED) is 0.631. The average Bonchev–Trinajstić information content (AvgIpc) is 3.03. The first kappa shape index (κ1) is 19.9. The molecule has 4 rings (SSSR count). The van der Waals surface area contributed by atoms with E-state index in [1.54, 1.807) is 0 Å². The van der Waals surface area contributed by atoms with Crippen molar-refractivity contribution >= 4 is 17.5 Å². The molecule has 3 aromatic carbocycles. The number of amides is 2. The molecule has 2 amide bonds. The monoisotopic (exact) mass is 398 g/mol. The van der Waals surface area contributed by atoms with Crippen LogP contribution in [-0.4, -0.2) is 16.7 Å². The molecular formula is C26H26N2O2. The van der Waals surface area contributed by atoms with Crippen molar-refractivity contribution < 1.29 is 9.59 Å². The number of hydrogen-bond acceptors (Lipinski definition) is 2. The summed E-state index contributed by atoms with van der Waals surface area (Å²) in [5.74, 6) is -0.121. The Bertz CT molecular complexity index is 1080. The van der Waals surface area contributed by atoms with Crippen LogP contribution < -0.4 is 5.32 Å². The van der Waals surface area contributed by atoms with Gasteiger partial charge in [0.25, 0.3) is 5.91 Å². The number of carbonyl (C=O) groups excluding carboxylic acids is 2. The topological polar surface area (TPSA) is 49.4 Å². The molecule has 0 unspecified atom stereocenters. The summed E-state index contributed by atoms with van der Waals surface area (Å²) in [7, 11) is 0. The van der Waals surface area contributed by atoms with Gasteiger partial charge in [-0.25, -0.2) is 0 Å². The van der Waals surface area contributed by atoms with Gasteiger partial charge >= 0.3 is 0 Å². The minimum atomic E-state index is -0.323. The van der Waals surface area contributed by atoms with Crippen molar-refractivity contribution in [1.82, 2.24) is 4.90 Å². The van der Waals surface area contributed by atoms with E-state index >= 15 is 0 Å². The van der Waals surface area contributed by atoms with Gasteiger partial charge in [0, 0.05) is 17.8 Å². The zero-order valence-corrected chi connectivity index (χ0v) is 17.6. The van der Waals surface area contributed by atoms with E-state index in [-0.39, 0.29) is 24.3 Å². The predicted octanol–water partition coefficient (Wildman–Crippen LogP) is 5.34. The van der Waals surface area contributed by atoms with E-state index in [1.165, 1.54) is 0 Å². The molecule has 1 heterocycles. The maximum atomic E-state index is 13.1. The molecular weight excluding hydrogens is 372 g/mol. The molecule has 0 aliphatic carbocycles. The van der Waals surface area contributed by atoms with Gasteiger partial charge in [0.05, 0.1) is 12.5 Å². The van der Waals surface area contributed by atoms with Crippen molar-refractivity contribution in [1.29, 1.82) is 0 Å².